The molecular formula is C17H25N3O. The van der Waals surface area contributed by atoms with Crippen LogP contribution in [0.3, 0.4) is 0 Å². The van der Waals surface area contributed by atoms with Gasteiger partial charge in [0.05, 0.1) is 12.1 Å². The molecule has 1 heterocycles. The van der Waals surface area contributed by atoms with Crippen LogP contribution in [-0.4, -0.2) is 16.2 Å². The van der Waals surface area contributed by atoms with Crippen LogP contribution < -0.4 is 10.5 Å². The van der Waals surface area contributed by atoms with Crippen molar-refractivity contribution in [3.05, 3.63) is 18.2 Å². The fraction of sp³-hybridized carbons (Fsp3) is 0.588. The highest BCUT2D eigenvalue weighted by atomic mass is 16.5. The lowest BCUT2D eigenvalue weighted by Crippen LogP contribution is -2.11. The van der Waals surface area contributed by atoms with Gasteiger partial charge < -0.3 is 15.0 Å². The second-order valence-corrected chi connectivity index (χ2v) is 5.96. The molecule has 1 fully saturated rings. The quantitative estimate of drug-likeness (QED) is 0.853. The summed E-state index contributed by atoms with van der Waals surface area (Å²) in [6.07, 6.45) is 8.66. The zero-order valence-electron chi connectivity index (χ0n) is 12.8. The Morgan fingerprint density at radius 1 is 1.24 bits per heavy atom. The van der Waals surface area contributed by atoms with Crippen LogP contribution in [0.25, 0.3) is 11.0 Å². The van der Waals surface area contributed by atoms with E-state index in [1.807, 2.05) is 12.1 Å². The highest BCUT2D eigenvalue weighted by molar-refractivity contribution is 5.84. The minimum atomic E-state index is 0.485. The molecule has 2 aromatic rings. The van der Waals surface area contributed by atoms with Crippen molar-refractivity contribution in [1.82, 2.24) is 9.55 Å². The van der Waals surface area contributed by atoms with Gasteiger partial charge in [0, 0.05) is 6.04 Å². The number of anilines is 1. The van der Waals surface area contributed by atoms with Gasteiger partial charge in [-0.3, -0.25) is 0 Å². The summed E-state index contributed by atoms with van der Waals surface area (Å²) in [5, 5.41) is 0. The molecule has 1 aliphatic carbocycles. The van der Waals surface area contributed by atoms with Gasteiger partial charge in [-0.2, -0.15) is 0 Å². The maximum absolute atomic E-state index is 6.23. The fourth-order valence-electron chi connectivity index (χ4n) is 3.34. The normalized spacial score (nSPS) is 17.0. The number of benzene rings is 1. The van der Waals surface area contributed by atoms with E-state index in [4.69, 9.17) is 10.5 Å². The summed E-state index contributed by atoms with van der Waals surface area (Å²) in [6, 6.07) is 6.63. The van der Waals surface area contributed by atoms with Gasteiger partial charge in [0.25, 0.3) is 0 Å². The van der Waals surface area contributed by atoms with Crippen molar-refractivity contribution in [2.45, 2.75) is 57.9 Å². The molecule has 0 aliphatic heterocycles. The molecule has 1 aliphatic rings. The molecule has 21 heavy (non-hydrogen) atoms. The van der Waals surface area contributed by atoms with Crippen molar-refractivity contribution in [1.29, 1.82) is 0 Å². The highest BCUT2D eigenvalue weighted by Crippen LogP contribution is 2.35. The van der Waals surface area contributed by atoms with Gasteiger partial charge in [-0.05, 0) is 31.4 Å². The van der Waals surface area contributed by atoms with E-state index < -0.39 is 0 Å². The third-order valence-corrected chi connectivity index (χ3v) is 4.36. The number of nitrogen functional groups attached to an aromatic ring is 1. The van der Waals surface area contributed by atoms with Gasteiger partial charge in [0.1, 0.15) is 11.3 Å². The van der Waals surface area contributed by atoms with Crippen molar-refractivity contribution >= 4 is 17.0 Å². The lowest BCUT2D eigenvalue weighted by atomic mass is 10.1. The Morgan fingerprint density at radius 2 is 2.00 bits per heavy atom. The van der Waals surface area contributed by atoms with E-state index in [1.54, 1.807) is 0 Å². The van der Waals surface area contributed by atoms with Crippen LogP contribution in [-0.2, 0) is 0 Å². The Balaban J connectivity index is 2.00. The zero-order chi connectivity index (χ0) is 14.7. The Bertz CT molecular complexity index is 597. The average molecular weight is 287 g/mol. The third-order valence-electron chi connectivity index (χ3n) is 4.36. The second-order valence-electron chi connectivity index (χ2n) is 5.96. The first-order chi connectivity index (χ1) is 10.3. The van der Waals surface area contributed by atoms with Crippen molar-refractivity contribution in [2.75, 3.05) is 12.3 Å². The molecule has 0 saturated heterocycles. The highest BCUT2D eigenvalue weighted by Gasteiger charge is 2.20. The smallest absolute Gasteiger partial charge is 0.201 e. The Hall–Kier alpha value is -1.71. The number of rotatable bonds is 4. The second kappa shape index (κ2) is 6.37. The summed E-state index contributed by atoms with van der Waals surface area (Å²) in [6.45, 7) is 2.83. The summed E-state index contributed by atoms with van der Waals surface area (Å²) in [5.74, 6) is 1.48. The molecule has 2 N–H and O–H groups in total. The standard InChI is InChI=1S/C17H25N3O/c1-2-12-21-15-11-7-10-14-16(15)19-17(18)20(14)13-8-5-3-4-6-9-13/h7,10-11,13H,2-6,8-9,12H2,1H3,(H2,18,19). The van der Waals surface area contributed by atoms with Crippen molar-refractivity contribution in [3.63, 3.8) is 0 Å². The van der Waals surface area contributed by atoms with Crippen LogP contribution in [0.5, 0.6) is 5.75 Å². The van der Waals surface area contributed by atoms with E-state index in [1.165, 1.54) is 38.5 Å². The van der Waals surface area contributed by atoms with Gasteiger partial charge in [-0.15, -0.1) is 0 Å². The molecule has 0 amide bonds. The number of para-hydroxylation sites is 1. The lowest BCUT2D eigenvalue weighted by molar-refractivity contribution is 0.320. The number of nitrogens with zero attached hydrogens (tertiary/aromatic N) is 2. The molecule has 0 bridgehead atoms. The number of hydrogen-bond acceptors (Lipinski definition) is 3. The van der Waals surface area contributed by atoms with E-state index in [-0.39, 0.29) is 0 Å². The van der Waals surface area contributed by atoms with Crippen molar-refractivity contribution in [3.8, 4) is 5.75 Å². The van der Waals surface area contributed by atoms with Gasteiger partial charge in [0.15, 0.2) is 0 Å². The van der Waals surface area contributed by atoms with E-state index >= 15 is 0 Å². The first-order valence-electron chi connectivity index (χ1n) is 8.20. The van der Waals surface area contributed by atoms with Crippen LogP contribution in [0.15, 0.2) is 18.2 Å². The van der Waals surface area contributed by atoms with Gasteiger partial charge in [-0.25, -0.2) is 4.98 Å². The van der Waals surface area contributed by atoms with Gasteiger partial charge >= 0.3 is 0 Å². The summed E-state index contributed by atoms with van der Waals surface area (Å²) < 4.78 is 8.05. The summed E-state index contributed by atoms with van der Waals surface area (Å²) >= 11 is 0. The first-order valence-corrected chi connectivity index (χ1v) is 8.20. The number of nitrogens with two attached hydrogens (primary N) is 1. The minimum absolute atomic E-state index is 0.485. The van der Waals surface area contributed by atoms with Crippen molar-refractivity contribution < 1.29 is 4.74 Å². The predicted octanol–water partition coefficient (Wildman–Crippen LogP) is 4.30. The maximum Gasteiger partial charge on any atom is 0.201 e. The average Bonchev–Trinajstić information content (AvgIpc) is 2.67. The zero-order valence-corrected chi connectivity index (χ0v) is 12.8. The van der Waals surface area contributed by atoms with Crippen LogP contribution in [0.2, 0.25) is 0 Å². The number of fused-ring (bicyclic) bond motifs is 1. The van der Waals surface area contributed by atoms with Crippen LogP contribution >= 0.6 is 0 Å². The molecule has 0 radical (unpaired) electrons. The molecule has 1 saturated carbocycles. The number of aromatic nitrogens is 2. The number of ether oxygens (including phenoxy) is 1. The van der Waals surface area contributed by atoms with Crippen molar-refractivity contribution in [2.24, 2.45) is 0 Å². The van der Waals surface area contributed by atoms with E-state index in [0.717, 1.165) is 29.8 Å². The van der Waals surface area contributed by atoms with Gasteiger partial charge in [-0.1, -0.05) is 38.7 Å². The Kier molecular flexibility index (Phi) is 4.32. The molecular weight excluding hydrogens is 262 g/mol. The third kappa shape index (κ3) is 2.85. The molecule has 4 nitrogen and oxygen atoms in total. The monoisotopic (exact) mass is 287 g/mol. The Morgan fingerprint density at radius 3 is 2.71 bits per heavy atom. The van der Waals surface area contributed by atoms with E-state index in [9.17, 15) is 0 Å². The Labute approximate surface area is 126 Å². The summed E-state index contributed by atoms with van der Waals surface area (Å²) in [5.41, 5.74) is 8.26. The van der Waals surface area contributed by atoms with E-state index in [0.29, 0.717) is 12.0 Å². The van der Waals surface area contributed by atoms with Crippen LogP contribution in [0.4, 0.5) is 5.95 Å². The maximum atomic E-state index is 6.23. The summed E-state index contributed by atoms with van der Waals surface area (Å²) in [7, 11) is 0. The first kappa shape index (κ1) is 14.2. The topological polar surface area (TPSA) is 53.1 Å². The molecule has 0 spiro atoms. The number of hydrogen-bond donors (Lipinski definition) is 1. The molecule has 114 valence electrons. The molecule has 3 rings (SSSR count). The predicted molar refractivity (Wildman–Crippen MR) is 86.7 cm³/mol. The fourth-order valence-corrected chi connectivity index (χ4v) is 3.34. The van der Waals surface area contributed by atoms with Crippen LogP contribution in [0, 0.1) is 0 Å². The minimum Gasteiger partial charge on any atom is -0.491 e. The number of imidazole rings is 1. The molecule has 1 aromatic carbocycles. The van der Waals surface area contributed by atoms with E-state index in [2.05, 4.69) is 22.5 Å². The largest absolute Gasteiger partial charge is 0.491 e. The molecule has 4 heteroatoms. The summed E-state index contributed by atoms with van der Waals surface area (Å²) in [4.78, 5) is 4.59. The molecule has 0 atom stereocenters. The SMILES string of the molecule is CCCOc1cccc2c1nc(N)n2C1CCCCCC1. The van der Waals surface area contributed by atoms with Gasteiger partial charge in [0.2, 0.25) is 5.95 Å². The molecule has 1 aromatic heterocycles. The molecule has 0 unspecified atom stereocenters. The lowest BCUT2D eigenvalue weighted by Gasteiger charge is -2.18. The van der Waals surface area contributed by atoms with Crippen LogP contribution in [0.1, 0.15) is 57.9 Å².